The smallest absolute Gasteiger partial charge is 0.242 e. The van der Waals surface area contributed by atoms with Gasteiger partial charge in [-0.1, -0.05) is 35.1 Å². The SMILES string of the molecule is Cc1ccc(-n2nc(C)c3sc(N(C)CC(=O)N4CCN(c5ccccn5)CC4)nc32)cc1. The summed E-state index contributed by atoms with van der Waals surface area (Å²) in [6, 6.07) is 14.2. The van der Waals surface area contributed by atoms with E-state index in [1.165, 1.54) is 5.56 Å². The highest BCUT2D eigenvalue weighted by molar-refractivity contribution is 7.22. The summed E-state index contributed by atoms with van der Waals surface area (Å²) in [5.41, 5.74) is 3.97. The molecule has 9 heteroatoms. The van der Waals surface area contributed by atoms with Crippen LogP contribution < -0.4 is 9.80 Å². The fraction of sp³-hybridized carbons (Fsp3) is 0.333. The van der Waals surface area contributed by atoms with Gasteiger partial charge in [0.15, 0.2) is 10.8 Å². The topological polar surface area (TPSA) is 70.4 Å². The Kier molecular flexibility index (Phi) is 5.72. The van der Waals surface area contributed by atoms with Crippen LogP contribution in [0.3, 0.4) is 0 Å². The van der Waals surface area contributed by atoms with Gasteiger partial charge in [-0.3, -0.25) is 4.79 Å². The molecule has 4 aromatic rings. The number of amides is 1. The average Bonchev–Trinajstić information content (AvgIpc) is 3.41. The number of thiazole rings is 1. The Morgan fingerprint density at radius 3 is 2.52 bits per heavy atom. The second kappa shape index (κ2) is 8.82. The molecule has 1 saturated heterocycles. The summed E-state index contributed by atoms with van der Waals surface area (Å²) in [6.07, 6.45) is 1.81. The van der Waals surface area contributed by atoms with E-state index in [0.29, 0.717) is 19.6 Å². The molecule has 1 amide bonds. The lowest BCUT2D eigenvalue weighted by molar-refractivity contribution is -0.129. The fourth-order valence-corrected chi connectivity index (χ4v) is 5.00. The molecule has 4 heterocycles. The van der Waals surface area contributed by atoms with Crippen molar-refractivity contribution in [1.82, 2.24) is 24.6 Å². The summed E-state index contributed by atoms with van der Waals surface area (Å²) in [4.78, 5) is 28.3. The van der Waals surface area contributed by atoms with Crippen LogP contribution in [-0.2, 0) is 4.79 Å². The number of pyridine rings is 1. The number of benzene rings is 1. The molecule has 1 aromatic carbocycles. The first-order valence-electron chi connectivity index (χ1n) is 11.1. The molecule has 1 aliphatic rings. The van der Waals surface area contributed by atoms with E-state index in [-0.39, 0.29) is 5.91 Å². The highest BCUT2D eigenvalue weighted by Crippen LogP contribution is 2.32. The number of carbonyl (C=O) groups excluding carboxylic acids is 1. The average molecular weight is 462 g/mol. The third-order valence-electron chi connectivity index (χ3n) is 5.96. The van der Waals surface area contributed by atoms with E-state index in [1.54, 1.807) is 17.5 Å². The predicted molar refractivity (Wildman–Crippen MR) is 133 cm³/mol. The standard InChI is InChI=1S/C24H27N7OS/c1-17-7-9-19(10-8-17)31-23-22(18(2)27-31)33-24(26-23)28(3)16-21(32)30-14-12-29(13-15-30)20-6-4-5-11-25-20/h4-11H,12-16H2,1-3H3. The van der Waals surface area contributed by atoms with Gasteiger partial charge in [0.25, 0.3) is 0 Å². The zero-order valence-electron chi connectivity index (χ0n) is 19.1. The van der Waals surface area contributed by atoms with Crippen molar-refractivity contribution < 1.29 is 4.79 Å². The summed E-state index contributed by atoms with van der Waals surface area (Å²) >= 11 is 1.58. The van der Waals surface area contributed by atoms with Crippen LogP contribution >= 0.6 is 11.3 Å². The van der Waals surface area contributed by atoms with E-state index in [0.717, 1.165) is 45.8 Å². The van der Waals surface area contributed by atoms with Crippen molar-refractivity contribution in [2.24, 2.45) is 0 Å². The van der Waals surface area contributed by atoms with Crippen molar-refractivity contribution in [3.05, 3.63) is 59.9 Å². The first kappa shape index (κ1) is 21.4. The van der Waals surface area contributed by atoms with Crippen molar-refractivity contribution in [3.63, 3.8) is 0 Å². The minimum atomic E-state index is 0.120. The third-order valence-corrected chi connectivity index (χ3v) is 7.23. The Labute approximate surface area is 197 Å². The molecule has 0 radical (unpaired) electrons. The lowest BCUT2D eigenvalue weighted by Gasteiger charge is -2.36. The molecular formula is C24H27N7OS. The number of rotatable bonds is 5. The predicted octanol–water partition coefficient (Wildman–Crippen LogP) is 3.28. The Bertz CT molecular complexity index is 1260. The summed E-state index contributed by atoms with van der Waals surface area (Å²) < 4.78 is 2.94. The number of piperazine rings is 1. The van der Waals surface area contributed by atoms with Gasteiger partial charge in [0.1, 0.15) is 5.82 Å². The lowest BCUT2D eigenvalue weighted by Crippen LogP contribution is -2.51. The van der Waals surface area contributed by atoms with Gasteiger partial charge in [-0.15, -0.1) is 0 Å². The van der Waals surface area contributed by atoms with Crippen LogP contribution in [0, 0.1) is 13.8 Å². The molecule has 33 heavy (non-hydrogen) atoms. The second-order valence-electron chi connectivity index (χ2n) is 8.39. The largest absolute Gasteiger partial charge is 0.353 e. The molecule has 0 saturated carbocycles. The van der Waals surface area contributed by atoms with E-state index < -0.39 is 0 Å². The first-order valence-corrected chi connectivity index (χ1v) is 11.9. The normalized spacial score (nSPS) is 14.2. The molecular weight excluding hydrogens is 434 g/mol. The van der Waals surface area contributed by atoms with Gasteiger partial charge in [0, 0.05) is 39.4 Å². The van der Waals surface area contributed by atoms with Crippen molar-refractivity contribution in [1.29, 1.82) is 0 Å². The van der Waals surface area contributed by atoms with Gasteiger partial charge in [0.2, 0.25) is 5.91 Å². The van der Waals surface area contributed by atoms with Crippen molar-refractivity contribution in [3.8, 4) is 5.69 Å². The Morgan fingerprint density at radius 2 is 1.82 bits per heavy atom. The van der Waals surface area contributed by atoms with Crippen LogP contribution in [0.5, 0.6) is 0 Å². The van der Waals surface area contributed by atoms with E-state index in [1.807, 2.05) is 46.7 Å². The molecule has 0 aliphatic carbocycles. The van der Waals surface area contributed by atoms with Crippen molar-refractivity contribution >= 4 is 38.5 Å². The Hall–Kier alpha value is -3.46. The number of hydrogen-bond acceptors (Lipinski definition) is 7. The summed E-state index contributed by atoms with van der Waals surface area (Å²) in [7, 11) is 1.93. The Balaban J connectivity index is 1.26. The molecule has 8 nitrogen and oxygen atoms in total. The van der Waals surface area contributed by atoms with E-state index >= 15 is 0 Å². The maximum Gasteiger partial charge on any atom is 0.242 e. The van der Waals surface area contributed by atoms with Crippen LogP contribution in [0.4, 0.5) is 10.9 Å². The Morgan fingerprint density at radius 1 is 1.06 bits per heavy atom. The summed E-state index contributed by atoms with van der Waals surface area (Å²) in [6.45, 7) is 7.35. The molecule has 170 valence electrons. The zero-order valence-corrected chi connectivity index (χ0v) is 19.9. The fourth-order valence-electron chi connectivity index (χ4n) is 4.05. The molecule has 5 rings (SSSR count). The minimum absolute atomic E-state index is 0.120. The number of aromatic nitrogens is 4. The molecule has 1 aliphatic heterocycles. The van der Waals surface area contributed by atoms with Crippen molar-refractivity contribution in [2.75, 3.05) is 49.6 Å². The van der Waals surface area contributed by atoms with Crippen LogP contribution in [0.25, 0.3) is 16.0 Å². The molecule has 1 fully saturated rings. The molecule has 0 unspecified atom stereocenters. The van der Waals surface area contributed by atoms with Gasteiger partial charge in [-0.2, -0.15) is 10.1 Å². The van der Waals surface area contributed by atoms with Gasteiger partial charge >= 0.3 is 0 Å². The van der Waals surface area contributed by atoms with Crippen molar-refractivity contribution in [2.45, 2.75) is 13.8 Å². The van der Waals surface area contributed by atoms with E-state index in [9.17, 15) is 4.79 Å². The number of likely N-dealkylation sites (N-methyl/N-ethyl adjacent to an activating group) is 1. The van der Waals surface area contributed by atoms with E-state index in [2.05, 4.69) is 46.2 Å². The molecule has 3 aromatic heterocycles. The number of anilines is 2. The summed E-state index contributed by atoms with van der Waals surface area (Å²) in [5.74, 6) is 1.09. The van der Waals surface area contributed by atoms with Crippen LogP contribution in [0.1, 0.15) is 11.3 Å². The van der Waals surface area contributed by atoms with Gasteiger partial charge < -0.3 is 14.7 Å². The molecule has 0 bridgehead atoms. The number of carbonyl (C=O) groups is 1. The molecule has 0 spiro atoms. The maximum atomic E-state index is 13.0. The number of nitrogens with zero attached hydrogens (tertiary/aromatic N) is 7. The number of fused-ring (bicyclic) bond motifs is 1. The minimum Gasteiger partial charge on any atom is -0.353 e. The number of aryl methyl sites for hydroxylation is 2. The second-order valence-corrected chi connectivity index (χ2v) is 9.37. The maximum absolute atomic E-state index is 13.0. The van der Waals surface area contributed by atoms with Gasteiger partial charge in [-0.25, -0.2) is 9.67 Å². The highest BCUT2D eigenvalue weighted by atomic mass is 32.1. The monoisotopic (exact) mass is 461 g/mol. The summed E-state index contributed by atoms with van der Waals surface area (Å²) in [5, 5.41) is 5.50. The van der Waals surface area contributed by atoms with Crippen LogP contribution in [0.15, 0.2) is 48.7 Å². The van der Waals surface area contributed by atoms with E-state index in [4.69, 9.17) is 4.98 Å². The third kappa shape index (κ3) is 4.28. The van der Waals surface area contributed by atoms with Crippen LogP contribution in [-0.4, -0.2) is 70.3 Å². The first-order chi connectivity index (χ1) is 16.0. The highest BCUT2D eigenvalue weighted by Gasteiger charge is 2.24. The molecule has 0 N–H and O–H groups in total. The quantitative estimate of drug-likeness (QED) is 0.454. The van der Waals surface area contributed by atoms with Gasteiger partial charge in [0.05, 0.1) is 22.6 Å². The van der Waals surface area contributed by atoms with Crippen LogP contribution in [0.2, 0.25) is 0 Å². The lowest BCUT2D eigenvalue weighted by atomic mass is 10.2. The molecule has 0 atom stereocenters. The zero-order chi connectivity index (χ0) is 22.9. The number of hydrogen-bond donors (Lipinski definition) is 0. The van der Waals surface area contributed by atoms with Gasteiger partial charge in [-0.05, 0) is 38.1 Å².